The third-order valence-corrected chi connectivity index (χ3v) is 11.5. The van der Waals surface area contributed by atoms with E-state index < -0.39 is 36.2 Å². The van der Waals surface area contributed by atoms with E-state index in [9.17, 15) is 31.6 Å². The fraction of sp³-hybridized carbons (Fsp3) is 0.324. The first-order chi connectivity index (χ1) is 22.4. The monoisotopic (exact) mass is 695 g/mol. The number of nitriles is 1. The lowest BCUT2D eigenvalue weighted by Crippen LogP contribution is -2.40. The van der Waals surface area contributed by atoms with E-state index in [-0.39, 0.29) is 28.5 Å². The van der Waals surface area contributed by atoms with E-state index in [0.717, 1.165) is 15.6 Å². The number of ether oxygens (including phenoxy) is 1. The fourth-order valence-corrected chi connectivity index (χ4v) is 7.86. The lowest BCUT2D eigenvalue weighted by molar-refractivity contribution is -0.174. The van der Waals surface area contributed by atoms with E-state index in [4.69, 9.17) is 4.74 Å². The Bertz CT molecular complexity index is 2180. The summed E-state index contributed by atoms with van der Waals surface area (Å²) in [5.74, 6) is -2.16. The van der Waals surface area contributed by atoms with Crippen molar-refractivity contribution in [3.63, 3.8) is 0 Å². The van der Waals surface area contributed by atoms with Crippen LogP contribution in [0, 0.1) is 32.1 Å². The lowest BCUT2D eigenvalue weighted by atomic mass is 9.94. The number of benzene rings is 3. The number of carbonyl (C=O) groups is 1. The number of amides is 1. The Morgan fingerprint density at radius 2 is 1.73 bits per heavy atom. The smallest absolute Gasteiger partial charge is 0.361 e. The third kappa shape index (κ3) is 6.89. The second-order valence-corrected chi connectivity index (χ2v) is 20.5. The molecule has 0 bridgehead atoms. The number of imidazole rings is 1. The normalized spacial score (nSPS) is 13.2. The highest BCUT2D eigenvalue weighted by molar-refractivity contribution is 7.90. The highest BCUT2D eigenvalue weighted by Gasteiger charge is 2.42. The Hall–Kier alpha value is -4.45. The summed E-state index contributed by atoms with van der Waals surface area (Å²) in [6.45, 7) is 12.1. The van der Waals surface area contributed by atoms with Crippen LogP contribution in [0.2, 0.25) is 25.7 Å². The van der Waals surface area contributed by atoms with Crippen molar-refractivity contribution < 1.29 is 31.1 Å². The predicted molar refractivity (Wildman–Crippen MR) is 180 cm³/mol. The van der Waals surface area contributed by atoms with Gasteiger partial charge in [-0.05, 0) is 79.9 Å². The maximum atomic E-state index is 13.9. The molecule has 1 N–H and O–H groups in total. The van der Waals surface area contributed by atoms with Crippen LogP contribution in [0.3, 0.4) is 0 Å². The van der Waals surface area contributed by atoms with Gasteiger partial charge in [-0.2, -0.15) is 18.4 Å². The second kappa shape index (κ2) is 12.9. The van der Waals surface area contributed by atoms with Crippen molar-refractivity contribution in [1.82, 2.24) is 18.8 Å². The van der Waals surface area contributed by atoms with Crippen LogP contribution in [0.25, 0.3) is 21.9 Å². The van der Waals surface area contributed by atoms with Gasteiger partial charge in [0.15, 0.2) is 0 Å². The molecule has 1 atom stereocenters. The number of nitrogens with zero attached hydrogens (tertiary/aromatic N) is 4. The van der Waals surface area contributed by atoms with Gasteiger partial charge in [0.1, 0.15) is 18.6 Å². The van der Waals surface area contributed by atoms with E-state index in [1.807, 2.05) is 13.0 Å². The molecule has 3 aromatic carbocycles. The summed E-state index contributed by atoms with van der Waals surface area (Å²) in [6.07, 6.45) is -3.87. The highest BCUT2D eigenvalue weighted by Crippen LogP contribution is 2.37. The first-order valence-electron chi connectivity index (χ1n) is 15.2. The predicted octanol–water partition coefficient (Wildman–Crippen LogP) is 7.11. The summed E-state index contributed by atoms with van der Waals surface area (Å²) >= 11 is 0. The molecule has 0 aliphatic rings. The topological polar surface area (TPSA) is 119 Å². The van der Waals surface area contributed by atoms with E-state index >= 15 is 0 Å². The number of nitrogens with one attached hydrogen (secondary N) is 1. The zero-order chi connectivity index (χ0) is 35.2. The van der Waals surface area contributed by atoms with Crippen LogP contribution in [0.15, 0.2) is 65.7 Å². The Morgan fingerprint density at radius 1 is 1.04 bits per heavy atom. The number of halogens is 3. The molecule has 0 saturated heterocycles. The minimum Gasteiger partial charge on any atom is -0.361 e. The largest absolute Gasteiger partial charge is 0.471 e. The van der Waals surface area contributed by atoms with Crippen molar-refractivity contribution in [3.8, 4) is 6.07 Å². The zero-order valence-corrected chi connectivity index (χ0v) is 29.3. The summed E-state index contributed by atoms with van der Waals surface area (Å²) < 4.78 is 78.1. The van der Waals surface area contributed by atoms with Crippen LogP contribution in [-0.2, 0) is 26.3 Å². The first kappa shape index (κ1) is 34.9. The third-order valence-electron chi connectivity index (χ3n) is 8.15. The molecule has 1 amide bonds. The van der Waals surface area contributed by atoms with Crippen molar-refractivity contribution in [2.75, 3.05) is 6.61 Å². The van der Waals surface area contributed by atoms with Gasteiger partial charge in [0.25, 0.3) is 10.0 Å². The average Bonchev–Trinajstić information content (AvgIpc) is 3.60. The van der Waals surface area contributed by atoms with Crippen LogP contribution in [0.5, 0.6) is 0 Å². The number of alkyl halides is 3. The van der Waals surface area contributed by atoms with Crippen LogP contribution in [0.1, 0.15) is 39.7 Å². The average molecular weight is 696 g/mol. The van der Waals surface area contributed by atoms with E-state index in [1.165, 1.54) is 30.5 Å². The lowest BCUT2D eigenvalue weighted by Gasteiger charge is -2.24. The number of aromatic nitrogens is 3. The van der Waals surface area contributed by atoms with Crippen molar-refractivity contribution in [1.29, 1.82) is 5.26 Å². The number of aryl methyl sites for hydroxylation is 3. The molecule has 5 rings (SSSR count). The Morgan fingerprint density at radius 3 is 2.35 bits per heavy atom. The van der Waals surface area contributed by atoms with Gasteiger partial charge < -0.3 is 14.6 Å². The number of hydrogen-bond donors (Lipinski definition) is 1. The molecule has 0 aliphatic carbocycles. The Balaban J connectivity index is 1.76. The molecule has 5 aromatic rings. The minimum absolute atomic E-state index is 0.0353. The molecular formula is C34H36F3N5O4SSi. The molecule has 0 fully saturated rings. The number of carbonyl (C=O) groups excluding carboxylic acids is 1. The van der Waals surface area contributed by atoms with Gasteiger partial charge in [-0.15, -0.1) is 0 Å². The van der Waals surface area contributed by atoms with Crippen molar-refractivity contribution in [2.24, 2.45) is 0 Å². The molecule has 2 aromatic heterocycles. The quantitative estimate of drug-likeness (QED) is 0.123. The van der Waals surface area contributed by atoms with Crippen LogP contribution in [-0.4, -0.2) is 48.7 Å². The number of rotatable bonds is 10. The maximum Gasteiger partial charge on any atom is 0.471 e. The molecule has 14 heteroatoms. The SMILES string of the molecule is Cc1ccc(S(=O)(=O)n2ccc3c(C(NC(=O)C(F)(F)F)c4nc5cc(C#N)ccc5n4COCC[Si](C)(C)C)c(C)cc(C)c32)cc1. The Kier molecular flexibility index (Phi) is 9.35. The van der Waals surface area contributed by atoms with Crippen LogP contribution < -0.4 is 5.32 Å². The highest BCUT2D eigenvalue weighted by atomic mass is 32.2. The van der Waals surface area contributed by atoms with Crippen molar-refractivity contribution >= 4 is 45.9 Å². The van der Waals surface area contributed by atoms with E-state index in [2.05, 4.69) is 29.9 Å². The van der Waals surface area contributed by atoms with Gasteiger partial charge in [0.2, 0.25) is 0 Å². The van der Waals surface area contributed by atoms with E-state index in [0.29, 0.717) is 39.7 Å². The molecular weight excluding hydrogens is 660 g/mol. The van der Waals surface area contributed by atoms with Crippen molar-refractivity contribution in [2.45, 2.75) is 70.3 Å². The standard InChI is InChI=1S/C34H36F3N5O4SSi/c1-21-7-10-25(11-8-21)47(44,45)42-14-13-26-29(22(2)17-23(3)31(26)42)30(40-33(43)34(35,36)37)32-39-27-18-24(19-38)9-12-28(27)41(32)20-46-15-16-48(4,5)6/h7-14,17-18,30H,15-16,20H2,1-6H3,(H,40,43). The molecule has 1 unspecified atom stereocenters. The molecule has 0 aliphatic heterocycles. The summed E-state index contributed by atoms with van der Waals surface area (Å²) in [5, 5.41) is 12.0. The molecule has 2 heterocycles. The van der Waals surface area contributed by atoms with E-state index in [1.54, 1.807) is 48.7 Å². The molecule has 0 spiro atoms. The summed E-state index contributed by atoms with van der Waals surface area (Å²) in [7, 11) is -5.59. The molecule has 0 radical (unpaired) electrons. The fourth-order valence-electron chi connectivity index (χ4n) is 5.70. The minimum atomic E-state index is -5.23. The van der Waals surface area contributed by atoms with Gasteiger partial charge in [-0.25, -0.2) is 17.4 Å². The van der Waals surface area contributed by atoms with Gasteiger partial charge in [0.05, 0.1) is 33.1 Å². The van der Waals surface area contributed by atoms with Crippen LogP contribution in [0.4, 0.5) is 13.2 Å². The van der Waals surface area contributed by atoms with Gasteiger partial charge in [0, 0.05) is 26.3 Å². The number of hydrogen-bond acceptors (Lipinski definition) is 6. The van der Waals surface area contributed by atoms with Crippen LogP contribution >= 0.6 is 0 Å². The summed E-state index contributed by atoms with van der Waals surface area (Å²) in [6, 6.07) is 15.7. The summed E-state index contributed by atoms with van der Waals surface area (Å²) in [5.41, 5.74) is 3.55. The Labute approximate surface area is 278 Å². The molecule has 252 valence electrons. The van der Waals surface area contributed by atoms with Gasteiger partial charge in [-0.3, -0.25) is 4.79 Å². The maximum absolute atomic E-state index is 13.9. The summed E-state index contributed by atoms with van der Waals surface area (Å²) in [4.78, 5) is 17.4. The molecule has 9 nitrogen and oxygen atoms in total. The van der Waals surface area contributed by atoms with Crippen molar-refractivity contribution in [3.05, 3.63) is 94.4 Å². The zero-order valence-electron chi connectivity index (χ0n) is 27.4. The van der Waals surface area contributed by atoms with Gasteiger partial charge in [-0.1, -0.05) is 43.4 Å². The molecule has 48 heavy (non-hydrogen) atoms. The first-order valence-corrected chi connectivity index (χ1v) is 20.4. The number of fused-ring (bicyclic) bond motifs is 2. The molecule has 0 saturated carbocycles. The van der Waals surface area contributed by atoms with Gasteiger partial charge >= 0.3 is 12.1 Å². The second-order valence-electron chi connectivity index (χ2n) is 13.1.